The van der Waals surface area contributed by atoms with Crippen LogP contribution >= 0.6 is 0 Å². The molecule has 22 heavy (non-hydrogen) atoms. The molecule has 2 aliphatic rings. The number of amides is 2. The van der Waals surface area contributed by atoms with Crippen LogP contribution in [0, 0.1) is 6.92 Å². The SMILES string of the molecule is CC(=O)N1CCN(C(=O)c2cc(C)[nH]n2)[C@H]2CS(=O)(=O)C[C@H]21. The molecule has 3 rings (SSSR count). The van der Waals surface area contributed by atoms with Gasteiger partial charge < -0.3 is 9.80 Å². The van der Waals surface area contributed by atoms with Crippen molar-refractivity contribution >= 4 is 21.7 Å². The molecule has 120 valence electrons. The van der Waals surface area contributed by atoms with E-state index in [1.807, 2.05) is 0 Å². The maximum absolute atomic E-state index is 12.6. The van der Waals surface area contributed by atoms with Crippen LogP contribution in [-0.2, 0) is 14.6 Å². The highest BCUT2D eigenvalue weighted by atomic mass is 32.2. The molecule has 2 amide bonds. The monoisotopic (exact) mass is 326 g/mol. The Bertz CT molecular complexity index is 726. The number of aryl methyl sites for hydroxylation is 1. The number of nitrogens with zero attached hydrogens (tertiary/aromatic N) is 3. The summed E-state index contributed by atoms with van der Waals surface area (Å²) in [7, 11) is -3.25. The summed E-state index contributed by atoms with van der Waals surface area (Å²) in [5.41, 5.74) is 1.04. The Morgan fingerprint density at radius 3 is 2.36 bits per heavy atom. The van der Waals surface area contributed by atoms with Crippen molar-refractivity contribution in [2.75, 3.05) is 24.6 Å². The maximum atomic E-state index is 12.6. The minimum atomic E-state index is -3.25. The largest absolute Gasteiger partial charge is 0.335 e. The van der Waals surface area contributed by atoms with Gasteiger partial charge in [0, 0.05) is 25.7 Å². The molecule has 0 aliphatic carbocycles. The minimum Gasteiger partial charge on any atom is -0.335 e. The lowest BCUT2D eigenvalue weighted by Crippen LogP contribution is -2.61. The molecule has 8 nitrogen and oxygen atoms in total. The summed E-state index contributed by atoms with van der Waals surface area (Å²) < 4.78 is 24.0. The lowest BCUT2D eigenvalue weighted by atomic mass is 10.0. The molecule has 1 N–H and O–H groups in total. The van der Waals surface area contributed by atoms with Gasteiger partial charge in [-0.2, -0.15) is 5.10 Å². The van der Waals surface area contributed by atoms with E-state index < -0.39 is 21.9 Å². The fourth-order valence-corrected chi connectivity index (χ4v) is 5.25. The molecule has 0 bridgehead atoms. The first-order chi connectivity index (χ1) is 10.3. The van der Waals surface area contributed by atoms with Crippen LogP contribution in [0.25, 0.3) is 0 Å². The number of hydrogen-bond acceptors (Lipinski definition) is 5. The predicted octanol–water partition coefficient (Wildman–Crippen LogP) is -0.812. The van der Waals surface area contributed by atoms with Crippen LogP contribution in [0.2, 0.25) is 0 Å². The van der Waals surface area contributed by atoms with Gasteiger partial charge in [-0.05, 0) is 13.0 Å². The van der Waals surface area contributed by atoms with E-state index in [1.54, 1.807) is 22.8 Å². The van der Waals surface area contributed by atoms with E-state index in [2.05, 4.69) is 10.2 Å². The third-order valence-electron chi connectivity index (χ3n) is 4.27. The van der Waals surface area contributed by atoms with E-state index in [4.69, 9.17) is 0 Å². The first kappa shape index (κ1) is 15.0. The normalized spacial score (nSPS) is 26.8. The van der Waals surface area contributed by atoms with Gasteiger partial charge in [0.25, 0.3) is 5.91 Å². The van der Waals surface area contributed by atoms with Crippen molar-refractivity contribution in [1.82, 2.24) is 20.0 Å². The second-order valence-corrected chi connectivity index (χ2v) is 8.01. The molecule has 2 aliphatic heterocycles. The van der Waals surface area contributed by atoms with Gasteiger partial charge >= 0.3 is 0 Å². The standard InChI is InChI=1S/C13H18N4O4S/c1-8-5-10(15-14-8)13(19)17-4-3-16(9(2)18)11-6-22(20,21)7-12(11)17/h5,11-12H,3-4,6-7H2,1-2H3,(H,14,15)/t11-,12+/m1/s1. The summed E-state index contributed by atoms with van der Waals surface area (Å²) in [4.78, 5) is 27.4. The highest BCUT2D eigenvalue weighted by Crippen LogP contribution is 2.28. The number of hydrogen-bond donors (Lipinski definition) is 1. The number of aromatic nitrogens is 2. The molecule has 0 unspecified atom stereocenters. The number of rotatable bonds is 1. The van der Waals surface area contributed by atoms with Crippen LogP contribution in [0.5, 0.6) is 0 Å². The van der Waals surface area contributed by atoms with E-state index in [9.17, 15) is 18.0 Å². The van der Waals surface area contributed by atoms with E-state index in [0.29, 0.717) is 13.1 Å². The van der Waals surface area contributed by atoms with E-state index in [-0.39, 0.29) is 29.0 Å². The third kappa shape index (κ3) is 2.49. The second-order valence-electron chi connectivity index (χ2n) is 5.86. The summed E-state index contributed by atoms with van der Waals surface area (Å²) in [6.45, 7) is 3.89. The molecule has 3 heterocycles. The van der Waals surface area contributed by atoms with Crippen molar-refractivity contribution in [3.8, 4) is 0 Å². The summed E-state index contributed by atoms with van der Waals surface area (Å²) in [5.74, 6) is -0.633. The van der Waals surface area contributed by atoms with E-state index in [1.165, 1.54) is 6.92 Å². The van der Waals surface area contributed by atoms with Crippen molar-refractivity contribution in [1.29, 1.82) is 0 Å². The molecule has 2 atom stereocenters. The number of aromatic amines is 1. The first-order valence-electron chi connectivity index (χ1n) is 7.09. The Morgan fingerprint density at radius 2 is 1.82 bits per heavy atom. The molecular formula is C13H18N4O4S. The number of H-pyrrole nitrogens is 1. The number of carbonyl (C=O) groups is 2. The average molecular weight is 326 g/mol. The number of piperazine rings is 1. The van der Waals surface area contributed by atoms with Crippen LogP contribution in [0.1, 0.15) is 23.1 Å². The highest BCUT2D eigenvalue weighted by molar-refractivity contribution is 7.91. The van der Waals surface area contributed by atoms with Gasteiger partial charge in [-0.1, -0.05) is 0 Å². The highest BCUT2D eigenvalue weighted by Gasteiger charge is 2.49. The first-order valence-corrected chi connectivity index (χ1v) is 8.91. The molecule has 2 saturated heterocycles. The number of fused-ring (bicyclic) bond motifs is 1. The Morgan fingerprint density at radius 1 is 1.23 bits per heavy atom. The Balaban J connectivity index is 1.91. The molecule has 1 aromatic rings. The lowest BCUT2D eigenvalue weighted by molar-refractivity contribution is -0.133. The van der Waals surface area contributed by atoms with Gasteiger partial charge in [0.15, 0.2) is 9.84 Å². The predicted molar refractivity (Wildman–Crippen MR) is 78.0 cm³/mol. The van der Waals surface area contributed by atoms with Crippen LogP contribution in [0.3, 0.4) is 0 Å². The van der Waals surface area contributed by atoms with Crippen molar-refractivity contribution in [3.63, 3.8) is 0 Å². The minimum absolute atomic E-state index is 0.0827. The van der Waals surface area contributed by atoms with Crippen molar-refractivity contribution in [3.05, 3.63) is 17.5 Å². The van der Waals surface area contributed by atoms with Crippen molar-refractivity contribution in [2.24, 2.45) is 0 Å². The average Bonchev–Trinajstić information content (AvgIpc) is 2.98. The van der Waals surface area contributed by atoms with Gasteiger partial charge in [-0.3, -0.25) is 14.7 Å². The summed E-state index contributed by atoms with van der Waals surface area (Å²) >= 11 is 0. The number of sulfone groups is 1. The smallest absolute Gasteiger partial charge is 0.274 e. The van der Waals surface area contributed by atoms with Gasteiger partial charge in [-0.15, -0.1) is 0 Å². The van der Waals surface area contributed by atoms with Crippen molar-refractivity contribution in [2.45, 2.75) is 25.9 Å². The zero-order valence-electron chi connectivity index (χ0n) is 12.4. The zero-order chi connectivity index (χ0) is 16.1. The summed E-state index contributed by atoms with van der Waals surface area (Å²) in [6, 6.07) is 0.686. The van der Waals surface area contributed by atoms with Gasteiger partial charge in [0.2, 0.25) is 5.91 Å². The Hall–Kier alpha value is -1.90. The van der Waals surface area contributed by atoms with Crippen LogP contribution in [-0.4, -0.2) is 76.9 Å². The fraction of sp³-hybridized carbons (Fsp3) is 0.615. The molecule has 0 radical (unpaired) electrons. The third-order valence-corrected chi connectivity index (χ3v) is 5.97. The number of carbonyl (C=O) groups excluding carboxylic acids is 2. The zero-order valence-corrected chi connectivity index (χ0v) is 13.3. The summed E-state index contributed by atoms with van der Waals surface area (Å²) in [5, 5.41) is 6.66. The van der Waals surface area contributed by atoms with Gasteiger partial charge in [0.05, 0.1) is 23.6 Å². The molecule has 0 spiro atoms. The Kier molecular flexibility index (Phi) is 3.47. The molecule has 9 heteroatoms. The molecule has 1 aromatic heterocycles. The van der Waals surface area contributed by atoms with E-state index in [0.717, 1.165) is 5.69 Å². The van der Waals surface area contributed by atoms with Crippen LogP contribution in [0.15, 0.2) is 6.07 Å². The quantitative estimate of drug-likeness (QED) is 0.727. The van der Waals surface area contributed by atoms with Gasteiger partial charge in [-0.25, -0.2) is 8.42 Å². The molecular weight excluding hydrogens is 308 g/mol. The molecule has 0 saturated carbocycles. The number of nitrogens with one attached hydrogen (secondary N) is 1. The van der Waals surface area contributed by atoms with Crippen molar-refractivity contribution < 1.29 is 18.0 Å². The van der Waals surface area contributed by atoms with Crippen LogP contribution < -0.4 is 0 Å². The lowest BCUT2D eigenvalue weighted by Gasteiger charge is -2.43. The Labute approximate surface area is 128 Å². The fourth-order valence-electron chi connectivity index (χ4n) is 3.27. The van der Waals surface area contributed by atoms with Gasteiger partial charge in [0.1, 0.15) is 5.69 Å². The summed E-state index contributed by atoms with van der Waals surface area (Å²) in [6.07, 6.45) is 0. The topological polar surface area (TPSA) is 103 Å². The van der Waals surface area contributed by atoms with E-state index >= 15 is 0 Å². The van der Waals surface area contributed by atoms with Crippen LogP contribution in [0.4, 0.5) is 0 Å². The maximum Gasteiger partial charge on any atom is 0.274 e. The molecule has 2 fully saturated rings. The molecule has 0 aromatic carbocycles. The second kappa shape index (κ2) is 5.08.